The van der Waals surface area contributed by atoms with E-state index in [4.69, 9.17) is 4.74 Å². The summed E-state index contributed by atoms with van der Waals surface area (Å²) in [6.45, 7) is 9.27. The van der Waals surface area contributed by atoms with Crippen molar-refractivity contribution >= 4 is 17.1 Å². The minimum absolute atomic E-state index is 0.0485. The predicted octanol–water partition coefficient (Wildman–Crippen LogP) is 16.6. The van der Waals surface area contributed by atoms with Crippen molar-refractivity contribution in [1.82, 2.24) is 0 Å². The maximum Gasteiger partial charge on any atom is 0.131 e. The maximum absolute atomic E-state index is 6.39. The first-order chi connectivity index (χ1) is 30.2. The zero-order chi connectivity index (χ0) is 42.0. The Labute approximate surface area is 365 Å². The molecule has 9 aromatic carbocycles. The molecule has 2 heteroatoms. The predicted molar refractivity (Wildman–Crippen MR) is 259 cm³/mol. The van der Waals surface area contributed by atoms with E-state index >= 15 is 0 Å². The molecule has 62 heavy (non-hydrogen) atoms. The molecule has 298 valence electrons. The second-order valence-corrected chi connectivity index (χ2v) is 17.8. The third-order valence-corrected chi connectivity index (χ3v) is 13.4. The van der Waals surface area contributed by atoms with Crippen molar-refractivity contribution in [2.75, 3.05) is 4.90 Å². The Hall–Kier alpha value is -7.42. The third-order valence-electron chi connectivity index (χ3n) is 13.4. The zero-order valence-corrected chi connectivity index (χ0v) is 35.6. The summed E-state index contributed by atoms with van der Waals surface area (Å²) < 4.78 is 6.39. The number of fused-ring (bicyclic) bond motifs is 5. The average Bonchev–Trinajstić information content (AvgIpc) is 3.55. The Morgan fingerprint density at radius 1 is 0.290 bits per heavy atom. The molecule has 0 atom stereocenters. The van der Waals surface area contributed by atoms with E-state index in [1.165, 1.54) is 72.3 Å². The van der Waals surface area contributed by atoms with Gasteiger partial charge in [0.05, 0.1) is 0 Å². The molecule has 0 aromatic heterocycles. The van der Waals surface area contributed by atoms with Crippen molar-refractivity contribution in [3.8, 4) is 67.1 Å². The number of para-hydroxylation sites is 1. The summed E-state index contributed by atoms with van der Waals surface area (Å²) >= 11 is 0. The van der Waals surface area contributed by atoms with E-state index in [9.17, 15) is 0 Å². The van der Waals surface area contributed by atoms with Crippen LogP contribution in [0.5, 0.6) is 11.5 Å². The second-order valence-electron chi connectivity index (χ2n) is 17.8. The lowest BCUT2D eigenvalue weighted by Gasteiger charge is -2.34. The highest BCUT2D eigenvalue weighted by Gasteiger charge is 2.36. The summed E-state index contributed by atoms with van der Waals surface area (Å²) in [5, 5.41) is 0. The van der Waals surface area contributed by atoms with Crippen LogP contribution in [0.2, 0.25) is 0 Å². The van der Waals surface area contributed by atoms with Crippen molar-refractivity contribution in [1.29, 1.82) is 0 Å². The first kappa shape index (κ1) is 37.6. The fourth-order valence-electron chi connectivity index (χ4n) is 9.95. The smallest absolute Gasteiger partial charge is 0.131 e. The average molecular weight is 798 g/mol. The molecular formula is C60H47NO. The van der Waals surface area contributed by atoms with Crippen LogP contribution < -0.4 is 9.64 Å². The second kappa shape index (κ2) is 14.6. The molecule has 0 bridgehead atoms. The summed E-state index contributed by atoms with van der Waals surface area (Å²) in [7, 11) is 0. The van der Waals surface area contributed by atoms with Crippen molar-refractivity contribution in [3.63, 3.8) is 0 Å². The van der Waals surface area contributed by atoms with Gasteiger partial charge in [-0.05, 0) is 127 Å². The van der Waals surface area contributed by atoms with Crippen molar-refractivity contribution in [2.24, 2.45) is 0 Å². The molecule has 0 saturated carbocycles. The van der Waals surface area contributed by atoms with Crippen LogP contribution in [-0.4, -0.2) is 0 Å². The van der Waals surface area contributed by atoms with Crippen LogP contribution in [0.4, 0.5) is 17.1 Å². The molecule has 0 spiro atoms. The molecule has 1 aliphatic carbocycles. The first-order valence-corrected chi connectivity index (χ1v) is 21.7. The fourth-order valence-corrected chi connectivity index (χ4v) is 9.95. The van der Waals surface area contributed by atoms with Crippen molar-refractivity contribution in [3.05, 3.63) is 235 Å². The van der Waals surface area contributed by atoms with E-state index in [-0.39, 0.29) is 10.8 Å². The topological polar surface area (TPSA) is 12.5 Å². The Kier molecular flexibility index (Phi) is 8.87. The standard InChI is InChI=1S/C60H47NO/c1-59(2)53-19-11-10-18-51(53)52-36-28-44(38-55(52)59)40-22-30-46(31-23-40)61(48-34-26-43(27-35-48)50-17-9-8-16-49(50)42-14-6-5-7-15-42)47-32-24-41(25-33-47)45-29-37-58-56(39-45)60(3,4)54-20-12-13-21-57(54)62-58/h5-39H,1-4H3. The van der Waals surface area contributed by atoms with Crippen LogP contribution >= 0.6 is 0 Å². The molecule has 0 N–H and O–H groups in total. The largest absolute Gasteiger partial charge is 0.457 e. The fraction of sp³-hybridized carbons (Fsp3) is 0.100. The molecule has 0 amide bonds. The number of anilines is 3. The maximum atomic E-state index is 6.39. The molecular weight excluding hydrogens is 751 g/mol. The lowest BCUT2D eigenvalue weighted by atomic mass is 9.75. The third kappa shape index (κ3) is 6.25. The van der Waals surface area contributed by atoms with Gasteiger partial charge in [0, 0.05) is 39.0 Å². The van der Waals surface area contributed by atoms with Gasteiger partial charge in [0.15, 0.2) is 0 Å². The van der Waals surface area contributed by atoms with E-state index in [0.29, 0.717) is 0 Å². The van der Waals surface area contributed by atoms with Gasteiger partial charge in [-0.3, -0.25) is 0 Å². The normalized spacial score (nSPS) is 13.9. The number of hydrogen-bond acceptors (Lipinski definition) is 2. The van der Waals surface area contributed by atoms with E-state index in [0.717, 1.165) is 34.1 Å². The quantitative estimate of drug-likeness (QED) is 0.159. The van der Waals surface area contributed by atoms with E-state index in [1.807, 2.05) is 6.07 Å². The highest BCUT2D eigenvalue weighted by molar-refractivity contribution is 5.87. The Morgan fingerprint density at radius 2 is 0.694 bits per heavy atom. The summed E-state index contributed by atoms with van der Waals surface area (Å²) in [5.74, 6) is 1.86. The minimum atomic E-state index is -0.183. The van der Waals surface area contributed by atoms with Gasteiger partial charge >= 0.3 is 0 Å². The van der Waals surface area contributed by atoms with Crippen LogP contribution in [0.3, 0.4) is 0 Å². The Bertz CT molecular complexity index is 3120. The monoisotopic (exact) mass is 797 g/mol. The highest BCUT2D eigenvalue weighted by Crippen LogP contribution is 2.51. The molecule has 2 nitrogen and oxygen atoms in total. The molecule has 0 fully saturated rings. The lowest BCUT2D eigenvalue weighted by Crippen LogP contribution is -2.24. The van der Waals surface area contributed by atoms with Gasteiger partial charge in [0.1, 0.15) is 11.5 Å². The summed E-state index contributed by atoms with van der Waals surface area (Å²) in [6.07, 6.45) is 0. The number of benzene rings is 9. The highest BCUT2D eigenvalue weighted by atomic mass is 16.5. The summed E-state index contributed by atoms with van der Waals surface area (Å²) in [5.41, 5.74) is 20.5. The molecule has 0 saturated heterocycles. The van der Waals surface area contributed by atoms with E-state index in [2.05, 4.69) is 239 Å². The van der Waals surface area contributed by atoms with Crippen LogP contribution in [0.25, 0.3) is 55.6 Å². The van der Waals surface area contributed by atoms with Crippen LogP contribution in [0.15, 0.2) is 212 Å². The van der Waals surface area contributed by atoms with Gasteiger partial charge in [0.25, 0.3) is 0 Å². The van der Waals surface area contributed by atoms with E-state index in [1.54, 1.807) is 0 Å². The SMILES string of the molecule is CC1(C)c2ccccc2Oc2ccc(-c3ccc(N(c4ccc(-c5ccc6c(c5)C(C)(C)c5ccccc5-6)cc4)c4ccc(-c5ccccc5-c5ccccc5)cc4)cc3)cc21. The van der Waals surface area contributed by atoms with Crippen molar-refractivity contribution in [2.45, 2.75) is 38.5 Å². The Balaban J connectivity index is 0.956. The lowest BCUT2D eigenvalue weighted by molar-refractivity contribution is 0.418. The van der Waals surface area contributed by atoms with Crippen LogP contribution in [0.1, 0.15) is 49.9 Å². The first-order valence-electron chi connectivity index (χ1n) is 21.7. The molecule has 9 aromatic rings. The van der Waals surface area contributed by atoms with Gasteiger partial charge in [-0.2, -0.15) is 0 Å². The number of hydrogen-bond donors (Lipinski definition) is 0. The van der Waals surface area contributed by atoms with Gasteiger partial charge < -0.3 is 9.64 Å². The number of nitrogens with zero attached hydrogens (tertiary/aromatic N) is 1. The van der Waals surface area contributed by atoms with Gasteiger partial charge in [-0.15, -0.1) is 0 Å². The number of ether oxygens (including phenoxy) is 1. The van der Waals surface area contributed by atoms with Crippen LogP contribution in [-0.2, 0) is 10.8 Å². The molecule has 0 unspecified atom stereocenters. The molecule has 11 rings (SSSR count). The number of rotatable bonds is 7. The zero-order valence-electron chi connectivity index (χ0n) is 35.6. The Morgan fingerprint density at radius 3 is 1.31 bits per heavy atom. The molecule has 2 aliphatic rings. The summed E-state index contributed by atoms with van der Waals surface area (Å²) in [4.78, 5) is 2.36. The minimum Gasteiger partial charge on any atom is -0.457 e. The van der Waals surface area contributed by atoms with Gasteiger partial charge in [0.2, 0.25) is 0 Å². The molecule has 1 aliphatic heterocycles. The van der Waals surface area contributed by atoms with Gasteiger partial charge in [-0.1, -0.05) is 179 Å². The molecule has 1 heterocycles. The molecule has 0 radical (unpaired) electrons. The van der Waals surface area contributed by atoms with Gasteiger partial charge in [-0.25, -0.2) is 0 Å². The van der Waals surface area contributed by atoms with E-state index < -0.39 is 0 Å². The van der Waals surface area contributed by atoms with Crippen LogP contribution in [0, 0.1) is 0 Å². The summed E-state index contributed by atoms with van der Waals surface area (Å²) in [6, 6.07) is 77.2. The van der Waals surface area contributed by atoms with Crippen molar-refractivity contribution < 1.29 is 4.74 Å².